The molecule has 0 radical (unpaired) electrons. The lowest BCUT2D eigenvalue weighted by Gasteiger charge is -2.10. The zero-order valence-corrected chi connectivity index (χ0v) is 17.2. The second-order valence-electron chi connectivity index (χ2n) is 6.51. The maximum Gasteiger partial charge on any atom is 0.267 e. The van der Waals surface area contributed by atoms with E-state index in [-0.39, 0.29) is 11.8 Å². The fourth-order valence-electron chi connectivity index (χ4n) is 2.76. The normalized spacial score (nSPS) is 10.7. The summed E-state index contributed by atoms with van der Waals surface area (Å²) in [5.74, 6) is -0.430. The van der Waals surface area contributed by atoms with Gasteiger partial charge in [-0.15, -0.1) is 11.3 Å². The first-order valence-corrected chi connectivity index (χ1v) is 9.84. The van der Waals surface area contributed by atoms with E-state index in [4.69, 9.17) is 0 Å². The Morgan fingerprint density at radius 2 is 1.96 bits per heavy atom. The Morgan fingerprint density at radius 3 is 2.61 bits per heavy atom. The first-order valence-electron chi connectivity index (χ1n) is 9.02. The number of aryl methyl sites for hydroxylation is 4. The maximum absolute atomic E-state index is 12.6. The quantitative estimate of drug-likeness (QED) is 0.667. The van der Waals surface area contributed by atoms with Crippen molar-refractivity contribution in [2.45, 2.75) is 40.8 Å². The van der Waals surface area contributed by atoms with Crippen LogP contribution in [0.2, 0.25) is 0 Å². The van der Waals surface area contributed by atoms with Crippen LogP contribution in [0.25, 0.3) is 0 Å². The summed E-state index contributed by atoms with van der Waals surface area (Å²) in [6, 6.07) is 5.25. The molecular formula is C20H23N5O2S. The summed E-state index contributed by atoms with van der Waals surface area (Å²) in [6.45, 7) is 8.78. The van der Waals surface area contributed by atoms with Gasteiger partial charge in [-0.25, -0.2) is 9.97 Å². The molecule has 0 aliphatic heterocycles. The number of thiazole rings is 1. The third-order valence-electron chi connectivity index (χ3n) is 4.34. The molecule has 7 nitrogen and oxygen atoms in total. The lowest BCUT2D eigenvalue weighted by molar-refractivity contribution is 0.0949. The van der Waals surface area contributed by atoms with Crippen LogP contribution in [-0.4, -0.2) is 26.3 Å². The summed E-state index contributed by atoms with van der Waals surface area (Å²) in [5.41, 5.74) is 3.47. The molecule has 2 amide bonds. The van der Waals surface area contributed by atoms with Crippen molar-refractivity contribution in [3.63, 3.8) is 0 Å². The zero-order valence-electron chi connectivity index (χ0n) is 16.4. The molecule has 146 valence electrons. The van der Waals surface area contributed by atoms with E-state index in [0.29, 0.717) is 28.4 Å². The van der Waals surface area contributed by atoms with Crippen LogP contribution in [0.1, 0.15) is 48.9 Å². The summed E-state index contributed by atoms with van der Waals surface area (Å²) in [7, 11) is 0. The highest BCUT2D eigenvalue weighted by molar-refractivity contribution is 7.13. The molecule has 0 unspecified atom stereocenters. The minimum Gasteiger partial charge on any atom is -0.346 e. The summed E-state index contributed by atoms with van der Waals surface area (Å²) in [6.07, 6.45) is 3.64. The molecule has 2 heterocycles. The van der Waals surface area contributed by atoms with Crippen molar-refractivity contribution in [3.8, 4) is 0 Å². The number of hydrogen-bond donors (Lipinski definition) is 2. The summed E-state index contributed by atoms with van der Waals surface area (Å²) >= 11 is 1.36. The van der Waals surface area contributed by atoms with Crippen LogP contribution < -0.4 is 10.6 Å². The predicted molar refractivity (Wildman–Crippen MR) is 110 cm³/mol. The molecule has 3 aromatic rings. The molecule has 2 aromatic heterocycles. The van der Waals surface area contributed by atoms with E-state index >= 15 is 0 Å². The molecule has 0 atom stereocenters. The molecular weight excluding hydrogens is 374 g/mol. The number of amides is 2. The highest BCUT2D eigenvalue weighted by atomic mass is 32.1. The van der Waals surface area contributed by atoms with Crippen molar-refractivity contribution in [1.82, 2.24) is 19.9 Å². The lowest BCUT2D eigenvalue weighted by atomic mass is 10.1. The number of nitrogens with one attached hydrogen (secondary N) is 2. The number of aromatic nitrogens is 3. The summed E-state index contributed by atoms with van der Waals surface area (Å²) in [4.78, 5) is 34.2. The number of carbonyl (C=O) groups excluding carboxylic acids is 2. The molecule has 28 heavy (non-hydrogen) atoms. The van der Waals surface area contributed by atoms with Crippen molar-refractivity contribution in [2.24, 2.45) is 0 Å². The summed E-state index contributed by atoms with van der Waals surface area (Å²) in [5, 5.41) is 6.60. The monoisotopic (exact) mass is 397 g/mol. The highest BCUT2D eigenvalue weighted by Crippen LogP contribution is 2.22. The molecule has 8 heteroatoms. The Balaban J connectivity index is 1.70. The maximum atomic E-state index is 12.6. The smallest absolute Gasteiger partial charge is 0.267 e. The molecule has 1 aromatic carbocycles. The van der Waals surface area contributed by atoms with Crippen molar-refractivity contribution >= 4 is 28.8 Å². The van der Waals surface area contributed by atoms with Gasteiger partial charge in [0, 0.05) is 24.0 Å². The average Bonchev–Trinajstić information content (AvgIpc) is 3.27. The number of hydrogen-bond acceptors (Lipinski definition) is 5. The van der Waals surface area contributed by atoms with E-state index in [1.807, 2.05) is 44.5 Å². The fourth-order valence-corrected chi connectivity index (χ4v) is 3.58. The SMILES string of the molecule is CCn1cnc(CNC(=O)c2ccc(C)c(NC(=O)c3sc(C)nc3C)c2)c1. The molecule has 3 rings (SSSR count). The number of carbonyl (C=O) groups is 2. The van der Waals surface area contributed by atoms with Crippen LogP contribution in [0.3, 0.4) is 0 Å². The van der Waals surface area contributed by atoms with E-state index in [9.17, 15) is 9.59 Å². The van der Waals surface area contributed by atoms with Gasteiger partial charge in [0.2, 0.25) is 0 Å². The van der Waals surface area contributed by atoms with Gasteiger partial charge < -0.3 is 15.2 Å². The standard InChI is InChI=1S/C20H23N5O2S/c1-5-25-10-16(22-11-25)9-21-19(26)15-7-6-12(2)17(8-15)24-20(27)18-13(3)23-14(4)28-18/h6-8,10-11H,5,9H2,1-4H3,(H,21,26)(H,24,27). The van der Waals surface area contributed by atoms with E-state index in [1.54, 1.807) is 18.5 Å². The lowest BCUT2D eigenvalue weighted by Crippen LogP contribution is -2.23. The van der Waals surface area contributed by atoms with Gasteiger partial charge in [-0.1, -0.05) is 6.07 Å². The topological polar surface area (TPSA) is 88.9 Å². The van der Waals surface area contributed by atoms with Gasteiger partial charge in [0.05, 0.1) is 29.3 Å². The van der Waals surface area contributed by atoms with E-state index in [0.717, 1.165) is 22.8 Å². The van der Waals surface area contributed by atoms with Gasteiger partial charge >= 0.3 is 0 Å². The number of rotatable bonds is 6. The number of imidazole rings is 1. The minimum atomic E-state index is -0.216. The van der Waals surface area contributed by atoms with Crippen LogP contribution in [0.15, 0.2) is 30.7 Å². The van der Waals surface area contributed by atoms with Crippen molar-refractivity contribution in [3.05, 3.63) is 63.1 Å². The fraction of sp³-hybridized carbons (Fsp3) is 0.300. The number of nitrogens with zero attached hydrogens (tertiary/aromatic N) is 3. The summed E-state index contributed by atoms with van der Waals surface area (Å²) < 4.78 is 1.95. The van der Waals surface area contributed by atoms with Crippen molar-refractivity contribution < 1.29 is 9.59 Å². The van der Waals surface area contributed by atoms with Crippen LogP contribution >= 0.6 is 11.3 Å². The van der Waals surface area contributed by atoms with Crippen molar-refractivity contribution in [1.29, 1.82) is 0 Å². The number of anilines is 1. The first kappa shape index (κ1) is 19.8. The van der Waals surface area contributed by atoms with Gasteiger partial charge in [0.25, 0.3) is 11.8 Å². The van der Waals surface area contributed by atoms with Gasteiger partial charge in [-0.05, 0) is 45.4 Å². The van der Waals surface area contributed by atoms with Gasteiger partial charge in [0.1, 0.15) is 4.88 Å². The van der Waals surface area contributed by atoms with E-state index in [1.165, 1.54) is 11.3 Å². The van der Waals surface area contributed by atoms with Crippen LogP contribution in [0.5, 0.6) is 0 Å². The Morgan fingerprint density at radius 1 is 1.18 bits per heavy atom. The average molecular weight is 398 g/mol. The molecule has 0 aliphatic rings. The molecule has 0 aliphatic carbocycles. The van der Waals surface area contributed by atoms with E-state index in [2.05, 4.69) is 20.6 Å². The molecule has 2 N–H and O–H groups in total. The van der Waals surface area contributed by atoms with Crippen LogP contribution in [0, 0.1) is 20.8 Å². The zero-order chi connectivity index (χ0) is 20.3. The third kappa shape index (κ3) is 4.45. The Hall–Kier alpha value is -3.00. The van der Waals surface area contributed by atoms with Gasteiger partial charge in [-0.3, -0.25) is 9.59 Å². The minimum absolute atomic E-state index is 0.214. The Labute approximate surface area is 167 Å². The van der Waals surface area contributed by atoms with Crippen LogP contribution in [0.4, 0.5) is 5.69 Å². The predicted octanol–water partition coefficient (Wildman–Crippen LogP) is 3.47. The Kier molecular flexibility index (Phi) is 5.89. The molecule has 0 bridgehead atoms. The third-order valence-corrected chi connectivity index (χ3v) is 5.41. The highest BCUT2D eigenvalue weighted by Gasteiger charge is 2.16. The van der Waals surface area contributed by atoms with E-state index < -0.39 is 0 Å². The molecule has 0 saturated carbocycles. The Bertz CT molecular complexity index is 1020. The van der Waals surface area contributed by atoms with Crippen LogP contribution in [-0.2, 0) is 13.1 Å². The second-order valence-corrected chi connectivity index (χ2v) is 7.71. The largest absolute Gasteiger partial charge is 0.346 e. The second kappa shape index (κ2) is 8.35. The van der Waals surface area contributed by atoms with Crippen molar-refractivity contribution in [2.75, 3.05) is 5.32 Å². The number of benzene rings is 1. The molecule has 0 spiro atoms. The first-order chi connectivity index (χ1) is 13.4. The molecule has 0 saturated heterocycles. The van der Waals surface area contributed by atoms with Gasteiger partial charge in [0.15, 0.2) is 0 Å². The molecule has 0 fully saturated rings. The van der Waals surface area contributed by atoms with Gasteiger partial charge in [-0.2, -0.15) is 0 Å².